The van der Waals surface area contributed by atoms with Crippen LogP contribution in [0.1, 0.15) is 37.7 Å². The van der Waals surface area contributed by atoms with E-state index < -0.39 is 11.7 Å². The van der Waals surface area contributed by atoms with Crippen LogP contribution in [0, 0.1) is 5.92 Å². The fourth-order valence-corrected chi connectivity index (χ4v) is 4.61. The molecule has 0 saturated heterocycles. The average molecular weight is 495 g/mol. The Balaban J connectivity index is 1.51. The van der Waals surface area contributed by atoms with Crippen molar-refractivity contribution in [2.75, 3.05) is 26.1 Å². The lowest BCUT2D eigenvalue weighted by Gasteiger charge is -2.23. The van der Waals surface area contributed by atoms with Gasteiger partial charge in [0.15, 0.2) is 5.13 Å². The van der Waals surface area contributed by atoms with Crippen molar-refractivity contribution in [3.63, 3.8) is 0 Å². The molecule has 0 amide bonds. The lowest BCUT2D eigenvalue weighted by molar-refractivity contribution is -0.139. The molecule has 1 saturated carbocycles. The van der Waals surface area contributed by atoms with E-state index in [-0.39, 0.29) is 23.3 Å². The van der Waals surface area contributed by atoms with Crippen molar-refractivity contribution >= 4 is 22.2 Å². The number of methoxy groups -OCH3 is 2. The Kier molecular flexibility index (Phi) is 7.40. The maximum atomic E-state index is 13.7. The molecule has 0 spiro atoms. The van der Waals surface area contributed by atoms with Crippen LogP contribution in [0.5, 0.6) is 17.6 Å². The van der Waals surface area contributed by atoms with Crippen molar-refractivity contribution in [3.05, 3.63) is 35.3 Å². The predicted octanol–water partition coefficient (Wildman–Crippen LogP) is 6.34. The summed E-state index contributed by atoms with van der Waals surface area (Å²) >= 11 is 1.24. The van der Waals surface area contributed by atoms with Gasteiger partial charge in [0.1, 0.15) is 5.75 Å². The lowest BCUT2D eigenvalue weighted by atomic mass is 9.90. The van der Waals surface area contributed by atoms with Crippen molar-refractivity contribution in [3.8, 4) is 28.9 Å². The first-order chi connectivity index (χ1) is 16.4. The molecule has 2 aromatic heterocycles. The Labute approximate surface area is 199 Å². The molecular formula is C23H25F3N4O3S. The Morgan fingerprint density at radius 2 is 1.88 bits per heavy atom. The number of nitrogens with zero attached hydrogens (tertiary/aromatic N) is 3. The third-order valence-corrected chi connectivity index (χ3v) is 6.38. The summed E-state index contributed by atoms with van der Waals surface area (Å²) in [6.07, 6.45) is 2.36. The van der Waals surface area contributed by atoms with Crippen LogP contribution in [-0.4, -0.2) is 35.8 Å². The molecule has 1 aliphatic carbocycles. The zero-order chi connectivity index (χ0) is 24.1. The van der Waals surface area contributed by atoms with Crippen LogP contribution in [0.25, 0.3) is 11.3 Å². The van der Waals surface area contributed by atoms with Crippen molar-refractivity contribution in [2.45, 2.75) is 38.3 Å². The molecule has 182 valence electrons. The van der Waals surface area contributed by atoms with E-state index in [1.54, 1.807) is 11.4 Å². The number of aromatic nitrogens is 3. The predicted molar refractivity (Wildman–Crippen MR) is 123 cm³/mol. The van der Waals surface area contributed by atoms with E-state index in [1.807, 2.05) is 0 Å². The summed E-state index contributed by atoms with van der Waals surface area (Å²) in [5.74, 6) is 0.436. The van der Waals surface area contributed by atoms with Gasteiger partial charge in [-0.2, -0.15) is 18.2 Å². The zero-order valence-corrected chi connectivity index (χ0v) is 19.6. The van der Waals surface area contributed by atoms with E-state index in [1.165, 1.54) is 44.2 Å². The molecule has 3 aromatic rings. The molecule has 0 atom stereocenters. The van der Waals surface area contributed by atoms with Gasteiger partial charge in [0.2, 0.25) is 5.88 Å². The molecule has 0 radical (unpaired) electrons. The highest BCUT2D eigenvalue weighted by Crippen LogP contribution is 2.40. The Morgan fingerprint density at radius 3 is 2.59 bits per heavy atom. The monoisotopic (exact) mass is 494 g/mol. The first kappa shape index (κ1) is 24.1. The molecule has 2 heterocycles. The van der Waals surface area contributed by atoms with Crippen molar-refractivity contribution in [1.29, 1.82) is 0 Å². The molecule has 34 heavy (non-hydrogen) atoms. The van der Waals surface area contributed by atoms with Crippen LogP contribution < -0.4 is 19.5 Å². The summed E-state index contributed by atoms with van der Waals surface area (Å²) in [5, 5.41) is 5.10. The maximum Gasteiger partial charge on any atom is 0.420 e. The maximum absolute atomic E-state index is 13.7. The van der Waals surface area contributed by atoms with E-state index in [2.05, 4.69) is 20.3 Å². The van der Waals surface area contributed by atoms with E-state index in [0.717, 1.165) is 31.7 Å². The minimum Gasteiger partial charge on any atom is -0.493 e. The molecule has 1 aliphatic rings. The van der Waals surface area contributed by atoms with Gasteiger partial charge in [-0.05, 0) is 37.0 Å². The number of benzene rings is 1. The number of thiazole rings is 1. The average Bonchev–Trinajstić information content (AvgIpc) is 3.31. The van der Waals surface area contributed by atoms with Gasteiger partial charge in [0.25, 0.3) is 0 Å². The molecular weight excluding hydrogens is 469 g/mol. The summed E-state index contributed by atoms with van der Waals surface area (Å²) < 4.78 is 57.1. The third kappa shape index (κ3) is 5.69. The molecule has 1 aromatic carbocycles. The minimum atomic E-state index is -4.54. The lowest BCUT2D eigenvalue weighted by Crippen LogP contribution is -2.17. The number of alkyl halides is 3. The molecule has 1 N–H and O–H groups in total. The second-order valence-corrected chi connectivity index (χ2v) is 8.82. The van der Waals surface area contributed by atoms with Gasteiger partial charge in [-0.3, -0.25) is 0 Å². The minimum absolute atomic E-state index is 0.149. The SMILES string of the molecule is COc1ncc(-c2csc(Nc3ccc(OCC4CCCCC4)c(C(F)(F)F)c3)n2)c(OC)n1. The number of anilines is 2. The van der Waals surface area contributed by atoms with Gasteiger partial charge in [-0.1, -0.05) is 19.3 Å². The fourth-order valence-electron chi connectivity index (χ4n) is 3.88. The first-order valence-corrected chi connectivity index (χ1v) is 11.8. The smallest absolute Gasteiger partial charge is 0.420 e. The van der Waals surface area contributed by atoms with Crippen molar-refractivity contribution < 1.29 is 27.4 Å². The van der Waals surface area contributed by atoms with Crippen LogP contribution in [0.4, 0.5) is 24.0 Å². The van der Waals surface area contributed by atoms with E-state index >= 15 is 0 Å². The molecule has 7 nitrogen and oxygen atoms in total. The molecule has 0 bridgehead atoms. The number of hydrogen-bond donors (Lipinski definition) is 1. The van der Waals surface area contributed by atoms with Crippen molar-refractivity contribution in [1.82, 2.24) is 15.0 Å². The Morgan fingerprint density at radius 1 is 1.09 bits per heavy atom. The second-order valence-electron chi connectivity index (χ2n) is 7.97. The quantitative estimate of drug-likeness (QED) is 0.392. The number of ether oxygens (including phenoxy) is 3. The standard InChI is InChI=1S/C23H25F3N4O3S/c1-31-20-16(11-27-21(30-20)32-2)18-13-34-22(29-18)28-15-8-9-19(17(10-15)23(24,25)26)33-12-14-6-4-3-5-7-14/h8-11,13-14H,3-7,12H2,1-2H3,(H,28,29). The highest BCUT2D eigenvalue weighted by molar-refractivity contribution is 7.14. The van der Waals surface area contributed by atoms with Crippen LogP contribution in [0.3, 0.4) is 0 Å². The van der Waals surface area contributed by atoms with Crippen LogP contribution in [0.2, 0.25) is 0 Å². The number of hydrogen-bond acceptors (Lipinski definition) is 8. The normalized spacial score (nSPS) is 14.6. The summed E-state index contributed by atoms with van der Waals surface area (Å²) in [5.41, 5.74) is 0.511. The van der Waals surface area contributed by atoms with Crippen LogP contribution >= 0.6 is 11.3 Å². The zero-order valence-electron chi connectivity index (χ0n) is 18.8. The molecule has 4 rings (SSSR count). The molecule has 0 unspecified atom stereocenters. The van der Waals surface area contributed by atoms with E-state index in [4.69, 9.17) is 14.2 Å². The second kappa shape index (κ2) is 10.5. The van der Waals surface area contributed by atoms with Gasteiger partial charge in [0, 0.05) is 17.3 Å². The Bertz CT molecular complexity index is 1120. The summed E-state index contributed by atoms with van der Waals surface area (Å²) in [6.45, 7) is 0.303. The highest BCUT2D eigenvalue weighted by Gasteiger charge is 2.35. The number of rotatable bonds is 8. The number of nitrogens with one attached hydrogen (secondary N) is 1. The Hall–Kier alpha value is -3.08. The summed E-state index contributed by atoms with van der Waals surface area (Å²) in [7, 11) is 2.91. The van der Waals surface area contributed by atoms with Gasteiger partial charge >= 0.3 is 12.2 Å². The molecule has 11 heteroatoms. The van der Waals surface area contributed by atoms with Crippen LogP contribution in [0.15, 0.2) is 29.8 Å². The highest BCUT2D eigenvalue weighted by atomic mass is 32.1. The molecule has 0 aliphatic heterocycles. The van der Waals surface area contributed by atoms with E-state index in [0.29, 0.717) is 28.9 Å². The topological polar surface area (TPSA) is 78.4 Å². The first-order valence-electron chi connectivity index (χ1n) is 10.9. The largest absolute Gasteiger partial charge is 0.493 e. The fraction of sp³-hybridized carbons (Fsp3) is 0.435. The van der Waals surface area contributed by atoms with Gasteiger partial charge < -0.3 is 19.5 Å². The summed E-state index contributed by atoms with van der Waals surface area (Å²) in [4.78, 5) is 12.6. The van der Waals surface area contributed by atoms with Gasteiger partial charge in [0.05, 0.1) is 37.6 Å². The summed E-state index contributed by atoms with van der Waals surface area (Å²) in [6, 6.07) is 4.13. The van der Waals surface area contributed by atoms with E-state index in [9.17, 15) is 13.2 Å². The number of halogens is 3. The van der Waals surface area contributed by atoms with Gasteiger partial charge in [-0.25, -0.2) is 9.97 Å². The van der Waals surface area contributed by atoms with Crippen LogP contribution in [-0.2, 0) is 6.18 Å². The van der Waals surface area contributed by atoms with Gasteiger partial charge in [-0.15, -0.1) is 11.3 Å². The molecule has 1 fully saturated rings. The third-order valence-electron chi connectivity index (χ3n) is 5.62. The van der Waals surface area contributed by atoms with Crippen molar-refractivity contribution in [2.24, 2.45) is 5.92 Å².